The third kappa shape index (κ3) is 3.27. The summed E-state index contributed by atoms with van der Waals surface area (Å²) in [6, 6.07) is 0.650. The van der Waals surface area contributed by atoms with E-state index in [4.69, 9.17) is 0 Å². The van der Waals surface area contributed by atoms with E-state index in [2.05, 4.69) is 34.6 Å². The van der Waals surface area contributed by atoms with Crippen molar-refractivity contribution in [2.45, 2.75) is 32.4 Å². The van der Waals surface area contributed by atoms with E-state index in [1.54, 1.807) is 11.3 Å². The van der Waals surface area contributed by atoms with Gasteiger partial charge in [0.05, 0.1) is 11.2 Å². The highest BCUT2D eigenvalue weighted by Gasteiger charge is 2.21. The molecule has 1 saturated heterocycles. The van der Waals surface area contributed by atoms with Gasteiger partial charge in [0.2, 0.25) is 0 Å². The van der Waals surface area contributed by atoms with Crippen LogP contribution in [-0.2, 0) is 6.54 Å². The van der Waals surface area contributed by atoms with Crippen molar-refractivity contribution < 1.29 is 0 Å². The van der Waals surface area contributed by atoms with Gasteiger partial charge in [-0.05, 0) is 32.4 Å². The molecule has 0 saturated carbocycles. The van der Waals surface area contributed by atoms with Crippen LogP contribution in [0.4, 0.5) is 0 Å². The third-order valence-electron chi connectivity index (χ3n) is 3.35. The number of likely N-dealkylation sites (N-methyl/N-ethyl adjacent to an activating group) is 1. The Bertz CT molecular complexity index is 299. The van der Waals surface area contributed by atoms with Gasteiger partial charge in [0, 0.05) is 24.5 Å². The highest BCUT2D eigenvalue weighted by atomic mass is 32.1. The topological polar surface area (TPSA) is 28.2 Å². The lowest BCUT2D eigenvalue weighted by Gasteiger charge is -2.33. The Morgan fingerprint density at radius 1 is 1.62 bits per heavy atom. The molecule has 2 unspecified atom stereocenters. The summed E-state index contributed by atoms with van der Waals surface area (Å²) in [5, 5.41) is 5.75. The predicted octanol–water partition coefficient (Wildman–Crippen LogP) is 1.96. The summed E-state index contributed by atoms with van der Waals surface area (Å²) < 4.78 is 0. The maximum absolute atomic E-state index is 4.32. The summed E-state index contributed by atoms with van der Waals surface area (Å²) in [4.78, 5) is 6.69. The van der Waals surface area contributed by atoms with Crippen molar-refractivity contribution in [1.29, 1.82) is 0 Å². The second-order valence-corrected chi connectivity index (χ2v) is 5.58. The molecule has 4 heteroatoms. The molecule has 0 bridgehead atoms. The highest BCUT2D eigenvalue weighted by molar-refractivity contribution is 7.07. The van der Waals surface area contributed by atoms with Crippen LogP contribution in [0.25, 0.3) is 0 Å². The lowest BCUT2D eigenvalue weighted by molar-refractivity contribution is 0.211. The second-order valence-electron chi connectivity index (χ2n) is 4.86. The average molecular weight is 239 g/mol. The number of aromatic nitrogens is 1. The number of nitrogens with zero attached hydrogens (tertiary/aromatic N) is 2. The van der Waals surface area contributed by atoms with E-state index in [9.17, 15) is 0 Å². The smallest absolute Gasteiger partial charge is 0.0795 e. The second kappa shape index (κ2) is 5.75. The van der Waals surface area contributed by atoms with E-state index in [1.165, 1.54) is 25.1 Å². The van der Waals surface area contributed by atoms with Crippen molar-refractivity contribution in [2.75, 3.05) is 20.1 Å². The first kappa shape index (κ1) is 12.0. The fourth-order valence-electron chi connectivity index (χ4n) is 2.35. The van der Waals surface area contributed by atoms with E-state index in [1.807, 2.05) is 5.51 Å². The summed E-state index contributed by atoms with van der Waals surface area (Å²) in [7, 11) is 2.18. The molecule has 1 aliphatic rings. The van der Waals surface area contributed by atoms with Crippen LogP contribution >= 0.6 is 11.3 Å². The van der Waals surface area contributed by atoms with Gasteiger partial charge >= 0.3 is 0 Å². The molecule has 16 heavy (non-hydrogen) atoms. The highest BCUT2D eigenvalue weighted by Crippen LogP contribution is 2.16. The van der Waals surface area contributed by atoms with Gasteiger partial charge in [-0.1, -0.05) is 6.92 Å². The van der Waals surface area contributed by atoms with Crippen molar-refractivity contribution in [3.63, 3.8) is 0 Å². The molecule has 2 rings (SSSR count). The third-order valence-corrected chi connectivity index (χ3v) is 3.99. The zero-order valence-electron chi connectivity index (χ0n) is 10.1. The van der Waals surface area contributed by atoms with Gasteiger partial charge in [-0.15, -0.1) is 11.3 Å². The Morgan fingerprint density at radius 2 is 2.50 bits per heavy atom. The van der Waals surface area contributed by atoms with Crippen LogP contribution in [0.2, 0.25) is 0 Å². The SMILES string of the molecule is CC1CCCNC1CN(C)Cc1cscn1. The van der Waals surface area contributed by atoms with Gasteiger partial charge < -0.3 is 5.32 Å². The molecule has 1 fully saturated rings. The Balaban J connectivity index is 1.79. The maximum atomic E-state index is 4.32. The number of thiazole rings is 1. The molecule has 0 amide bonds. The molecule has 0 radical (unpaired) electrons. The summed E-state index contributed by atoms with van der Waals surface area (Å²) in [5.41, 5.74) is 3.10. The van der Waals surface area contributed by atoms with Crippen molar-refractivity contribution in [3.8, 4) is 0 Å². The molecule has 0 aromatic carbocycles. The van der Waals surface area contributed by atoms with Crippen LogP contribution in [0, 0.1) is 5.92 Å². The van der Waals surface area contributed by atoms with Gasteiger partial charge in [0.15, 0.2) is 0 Å². The standard InChI is InChI=1S/C12H21N3S/c1-10-4-3-5-13-12(10)7-15(2)6-11-8-16-9-14-11/h8-10,12-13H,3-7H2,1-2H3. The lowest BCUT2D eigenvalue weighted by atomic mass is 9.92. The minimum absolute atomic E-state index is 0.650. The molecular formula is C12H21N3S. The first-order valence-corrected chi connectivity index (χ1v) is 6.99. The first-order valence-electron chi connectivity index (χ1n) is 6.04. The summed E-state index contributed by atoms with van der Waals surface area (Å²) in [6.45, 7) is 5.63. The molecule has 1 aromatic heterocycles. The summed E-state index contributed by atoms with van der Waals surface area (Å²) in [5.74, 6) is 0.798. The largest absolute Gasteiger partial charge is 0.312 e. The van der Waals surface area contributed by atoms with Crippen LogP contribution in [0.5, 0.6) is 0 Å². The normalized spacial score (nSPS) is 26.2. The van der Waals surface area contributed by atoms with Crippen LogP contribution in [0.15, 0.2) is 10.9 Å². The Morgan fingerprint density at radius 3 is 3.19 bits per heavy atom. The molecular weight excluding hydrogens is 218 g/mol. The fraction of sp³-hybridized carbons (Fsp3) is 0.750. The average Bonchev–Trinajstić information content (AvgIpc) is 2.74. The van der Waals surface area contributed by atoms with Gasteiger partial charge in [-0.2, -0.15) is 0 Å². The van der Waals surface area contributed by atoms with Crippen LogP contribution in [0.3, 0.4) is 0 Å². The van der Waals surface area contributed by atoms with Crippen LogP contribution in [0.1, 0.15) is 25.5 Å². The summed E-state index contributed by atoms with van der Waals surface area (Å²) >= 11 is 1.67. The Labute approximate surface area is 102 Å². The van der Waals surface area contributed by atoms with Crippen LogP contribution < -0.4 is 5.32 Å². The molecule has 1 aliphatic heterocycles. The number of piperidine rings is 1. The molecule has 90 valence electrons. The van der Waals surface area contributed by atoms with E-state index in [-0.39, 0.29) is 0 Å². The fourth-order valence-corrected chi connectivity index (χ4v) is 2.90. The zero-order valence-corrected chi connectivity index (χ0v) is 11.0. The molecule has 1 N–H and O–H groups in total. The molecule has 0 spiro atoms. The van der Waals surface area contributed by atoms with E-state index in [0.29, 0.717) is 6.04 Å². The monoisotopic (exact) mass is 239 g/mol. The summed E-state index contributed by atoms with van der Waals surface area (Å²) in [6.07, 6.45) is 2.69. The zero-order chi connectivity index (χ0) is 11.4. The van der Waals surface area contributed by atoms with E-state index < -0.39 is 0 Å². The molecule has 1 aromatic rings. The van der Waals surface area contributed by atoms with Gasteiger partial charge in [0.1, 0.15) is 0 Å². The van der Waals surface area contributed by atoms with Crippen molar-refractivity contribution in [1.82, 2.24) is 15.2 Å². The van der Waals surface area contributed by atoms with Crippen molar-refractivity contribution >= 4 is 11.3 Å². The number of nitrogens with one attached hydrogen (secondary N) is 1. The quantitative estimate of drug-likeness (QED) is 0.870. The number of hydrogen-bond donors (Lipinski definition) is 1. The van der Waals surface area contributed by atoms with Crippen molar-refractivity contribution in [3.05, 3.63) is 16.6 Å². The van der Waals surface area contributed by atoms with Crippen molar-refractivity contribution in [2.24, 2.45) is 5.92 Å². The molecule has 0 aliphatic carbocycles. The van der Waals surface area contributed by atoms with Gasteiger partial charge in [-0.25, -0.2) is 4.98 Å². The number of hydrogen-bond acceptors (Lipinski definition) is 4. The molecule has 2 atom stereocenters. The minimum Gasteiger partial charge on any atom is -0.312 e. The van der Waals surface area contributed by atoms with E-state index >= 15 is 0 Å². The number of rotatable bonds is 4. The van der Waals surface area contributed by atoms with Gasteiger partial charge in [0.25, 0.3) is 0 Å². The molecule has 3 nitrogen and oxygen atoms in total. The van der Waals surface area contributed by atoms with Crippen LogP contribution in [-0.4, -0.2) is 36.1 Å². The lowest BCUT2D eigenvalue weighted by Crippen LogP contribution is -2.46. The minimum atomic E-state index is 0.650. The Kier molecular flexibility index (Phi) is 4.32. The predicted molar refractivity (Wildman–Crippen MR) is 68.6 cm³/mol. The van der Waals surface area contributed by atoms with E-state index in [0.717, 1.165) is 19.0 Å². The first-order chi connectivity index (χ1) is 7.75. The van der Waals surface area contributed by atoms with Gasteiger partial charge in [-0.3, -0.25) is 4.90 Å². The molecule has 2 heterocycles. The Hall–Kier alpha value is -0.450. The maximum Gasteiger partial charge on any atom is 0.0795 e.